The summed E-state index contributed by atoms with van der Waals surface area (Å²) in [7, 11) is -2.15. The predicted molar refractivity (Wildman–Crippen MR) is 89.6 cm³/mol. The van der Waals surface area contributed by atoms with Crippen molar-refractivity contribution in [2.45, 2.75) is 30.2 Å². The number of hydrogen-bond donors (Lipinski definition) is 1. The summed E-state index contributed by atoms with van der Waals surface area (Å²) in [5.41, 5.74) is 0. The van der Waals surface area contributed by atoms with Crippen molar-refractivity contribution in [3.8, 4) is 0 Å². The minimum Gasteiger partial charge on any atom is -0.313 e. The highest BCUT2D eigenvalue weighted by Gasteiger charge is 2.29. The number of hydrogen-bond acceptors (Lipinski definition) is 3. The largest absolute Gasteiger partial charge is 0.313 e. The van der Waals surface area contributed by atoms with Crippen LogP contribution in [0.2, 0.25) is 10.0 Å². The van der Waals surface area contributed by atoms with Crippen molar-refractivity contribution in [1.82, 2.24) is 9.62 Å². The first-order valence-corrected chi connectivity index (χ1v) is 9.65. The highest BCUT2D eigenvalue weighted by atomic mass is 79.9. The molecule has 0 amide bonds. The maximum absolute atomic E-state index is 12.7. The molecule has 21 heavy (non-hydrogen) atoms. The molecular formula is C13H17BrCl2N2O2S. The lowest BCUT2D eigenvalue weighted by molar-refractivity contribution is 0.337. The molecule has 1 aliphatic rings. The van der Waals surface area contributed by atoms with Crippen LogP contribution in [0.5, 0.6) is 0 Å². The molecule has 1 N–H and O–H groups in total. The van der Waals surface area contributed by atoms with Crippen molar-refractivity contribution in [3.05, 3.63) is 26.7 Å². The van der Waals surface area contributed by atoms with Gasteiger partial charge in [-0.2, -0.15) is 4.31 Å². The number of piperidine rings is 1. The van der Waals surface area contributed by atoms with Gasteiger partial charge in [-0.25, -0.2) is 8.42 Å². The van der Waals surface area contributed by atoms with Crippen molar-refractivity contribution in [1.29, 1.82) is 0 Å². The fraction of sp³-hybridized carbons (Fsp3) is 0.538. The lowest BCUT2D eigenvalue weighted by atomic mass is 10.1. The van der Waals surface area contributed by atoms with Gasteiger partial charge in [-0.1, -0.05) is 45.6 Å². The molecule has 0 radical (unpaired) electrons. The van der Waals surface area contributed by atoms with E-state index in [9.17, 15) is 8.42 Å². The Morgan fingerprint density at radius 3 is 2.48 bits per heavy atom. The molecule has 2 rings (SSSR count). The van der Waals surface area contributed by atoms with Crippen LogP contribution < -0.4 is 5.32 Å². The number of rotatable bonds is 4. The number of likely N-dealkylation sites (N-methyl/N-ethyl adjacent to an activating group) is 1. The molecule has 0 bridgehead atoms. The predicted octanol–water partition coefficient (Wildman–Crippen LogP) is 3.52. The van der Waals surface area contributed by atoms with Crippen LogP contribution >= 0.6 is 39.1 Å². The van der Waals surface area contributed by atoms with Gasteiger partial charge < -0.3 is 5.32 Å². The molecule has 8 heteroatoms. The molecule has 1 fully saturated rings. The second kappa shape index (κ2) is 7.15. The van der Waals surface area contributed by atoms with E-state index in [4.69, 9.17) is 23.2 Å². The van der Waals surface area contributed by atoms with Gasteiger partial charge in [0.2, 0.25) is 10.0 Å². The van der Waals surface area contributed by atoms with Crippen LogP contribution in [0.4, 0.5) is 0 Å². The lowest BCUT2D eigenvalue weighted by Crippen LogP contribution is -2.44. The topological polar surface area (TPSA) is 49.4 Å². The molecule has 4 nitrogen and oxygen atoms in total. The third-order valence-electron chi connectivity index (χ3n) is 3.52. The fourth-order valence-corrected chi connectivity index (χ4v) is 5.51. The van der Waals surface area contributed by atoms with Gasteiger partial charge in [0.1, 0.15) is 4.90 Å². The summed E-state index contributed by atoms with van der Waals surface area (Å²) < 4.78 is 27.3. The molecule has 1 aromatic rings. The molecule has 1 atom stereocenters. The zero-order valence-electron chi connectivity index (χ0n) is 11.6. The highest BCUT2D eigenvalue weighted by molar-refractivity contribution is 9.10. The molecule has 1 unspecified atom stereocenters. The molecule has 0 spiro atoms. The monoisotopic (exact) mass is 414 g/mol. The first-order valence-electron chi connectivity index (χ1n) is 6.66. The van der Waals surface area contributed by atoms with E-state index in [-0.39, 0.29) is 21.0 Å². The van der Waals surface area contributed by atoms with Crippen LogP contribution in [0.3, 0.4) is 0 Å². The van der Waals surface area contributed by atoms with Crippen LogP contribution in [0.15, 0.2) is 21.5 Å². The summed E-state index contributed by atoms with van der Waals surface area (Å²) in [4.78, 5) is -0.0349. The quantitative estimate of drug-likeness (QED) is 0.818. The Bertz CT molecular complexity index is 596. The standard InChI is InChI=1S/C13H17BrCl2N2O2S/c1-18(8-10-4-2-3-5-17-10)21(19,20)13-11(15)6-9(14)7-12(13)16/h6-7,10,17H,2-5,8H2,1H3. The van der Waals surface area contributed by atoms with E-state index in [1.54, 1.807) is 7.05 Å². The Kier molecular flexibility index (Phi) is 5.96. The van der Waals surface area contributed by atoms with E-state index >= 15 is 0 Å². The van der Waals surface area contributed by atoms with Crippen molar-refractivity contribution < 1.29 is 8.42 Å². The number of sulfonamides is 1. The van der Waals surface area contributed by atoms with Crippen LogP contribution in [0.25, 0.3) is 0 Å². The Morgan fingerprint density at radius 2 is 1.95 bits per heavy atom. The zero-order chi connectivity index (χ0) is 15.6. The van der Waals surface area contributed by atoms with Crippen LogP contribution in [0.1, 0.15) is 19.3 Å². The molecule has 1 heterocycles. The van der Waals surface area contributed by atoms with Crippen LogP contribution in [-0.4, -0.2) is 38.9 Å². The van der Waals surface area contributed by atoms with Gasteiger partial charge in [-0.05, 0) is 31.5 Å². The number of nitrogens with one attached hydrogen (secondary N) is 1. The Balaban J connectivity index is 2.24. The molecule has 1 aliphatic heterocycles. The smallest absolute Gasteiger partial charge is 0.245 e. The van der Waals surface area contributed by atoms with Crippen molar-refractivity contribution in [2.24, 2.45) is 0 Å². The minimum absolute atomic E-state index is 0.0349. The lowest BCUT2D eigenvalue weighted by Gasteiger charge is -2.28. The zero-order valence-corrected chi connectivity index (χ0v) is 15.5. The summed E-state index contributed by atoms with van der Waals surface area (Å²) in [6.07, 6.45) is 3.23. The number of halogens is 3. The summed E-state index contributed by atoms with van der Waals surface area (Å²) in [5, 5.41) is 3.58. The van der Waals surface area contributed by atoms with Gasteiger partial charge in [0.25, 0.3) is 0 Å². The van der Waals surface area contributed by atoms with E-state index in [0.717, 1.165) is 25.8 Å². The Labute approximate surface area is 144 Å². The summed E-state index contributed by atoms with van der Waals surface area (Å²) >= 11 is 15.4. The minimum atomic E-state index is -3.71. The molecule has 1 saturated heterocycles. The second-order valence-corrected chi connectivity index (χ2v) is 8.84. The number of benzene rings is 1. The fourth-order valence-electron chi connectivity index (χ4n) is 2.42. The van der Waals surface area contributed by atoms with Gasteiger partial charge in [0.05, 0.1) is 10.0 Å². The average Bonchev–Trinajstić information content (AvgIpc) is 2.38. The second-order valence-electron chi connectivity index (χ2n) is 5.13. The van der Waals surface area contributed by atoms with Gasteiger partial charge in [-0.3, -0.25) is 0 Å². The average molecular weight is 416 g/mol. The van der Waals surface area contributed by atoms with E-state index in [1.807, 2.05) is 0 Å². The SMILES string of the molecule is CN(CC1CCCCN1)S(=O)(=O)c1c(Cl)cc(Br)cc1Cl. The summed E-state index contributed by atoms with van der Waals surface area (Å²) in [5.74, 6) is 0. The highest BCUT2D eigenvalue weighted by Crippen LogP contribution is 2.34. The van der Waals surface area contributed by atoms with E-state index in [1.165, 1.54) is 16.4 Å². The Morgan fingerprint density at radius 1 is 1.33 bits per heavy atom. The third kappa shape index (κ3) is 4.12. The molecule has 118 valence electrons. The van der Waals surface area contributed by atoms with Gasteiger partial charge in [0, 0.05) is 24.1 Å². The molecule has 0 saturated carbocycles. The number of nitrogens with zero attached hydrogens (tertiary/aromatic N) is 1. The van der Waals surface area contributed by atoms with Crippen molar-refractivity contribution in [2.75, 3.05) is 20.1 Å². The van der Waals surface area contributed by atoms with Crippen LogP contribution in [0, 0.1) is 0 Å². The van der Waals surface area contributed by atoms with Gasteiger partial charge in [-0.15, -0.1) is 0 Å². The molecule has 1 aromatic carbocycles. The van der Waals surface area contributed by atoms with Gasteiger partial charge in [0.15, 0.2) is 0 Å². The van der Waals surface area contributed by atoms with Gasteiger partial charge >= 0.3 is 0 Å². The van der Waals surface area contributed by atoms with E-state index in [0.29, 0.717) is 11.0 Å². The molecule has 0 aliphatic carbocycles. The third-order valence-corrected chi connectivity index (χ3v) is 6.72. The molecular weight excluding hydrogens is 399 g/mol. The van der Waals surface area contributed by atoms with E-state index in [2.05, 4.69) is 21.2 Å². The van der Waals surface area contributed by atoms with Crippen molar-refractivity contribution in [3.63, 3.8) is 0 Å². The first-order chi connectivity index (χ1) is 9.82. The normalized spacial score (nSPS) is 20.0. The first kappa shape index (κ1) is 17.5. The summed E-state index contributed by atoms with van der Waals surface area (Å²) in [6, 6.07) is 3.24. The summed E-state index contributed by atoms with van der Waals surface area (Å²) in [6.45, 7) is 1.34. The van der Waals surface area contributed by atoms with E-state index < -0.39 is 10.0 Å². The van der Waals surface area contributed by atoms with Crippen LogP contribution in [-0.2, 0) is 10.0 Å². The maximum Gasteiger partial charge on any atom is 0.245 e. The maximum atomic E-state index is 12.7. The Hall–Kier alpha value is 0.150. The molecule has 0 aromatic heterocycles. The van der Waals surface area contributed by atoms with Crippen molar-refractivity contribution >= 4 is 49.2 Å².